The van der Waals surface area contributed by atoms with Gasteiger partial charge in [0.1, 0.15) is 0 Å². The van der Waals surface area contributed by atoms with Crippen LogP contribution >= 0.6 is 11.6 Å². The molecule has 0 saturated heterocycles. The molecule has 12 heavy (non-hydrogen) atoms. The maximum Gasteiger partial charge on any atom is 0.0589 e. The van der Waals surface area contributed by atoms with Gasteiger partial charge in [0.05, 0.1) is 5.02 Å². The Labute approximate surface area is 76.7 Å². The Morgan fingerprint density at radius 2 is 2.25 bits per heavy atom. The van der Waals surface area contributed by atoms with E-state index in [0.717, 1.165) is 18.5 Å². The molecule has 1 aliphatic rings. The first-order chi connectivity index (χ1) is 5.77. The minimum atomic E-state index is 0.185. The van der Waals surface area contributed by atoms with Crippen LogP contribution in [0.1, 0.15) is 18.5 Å². The van der Waals surface area contributed by atoms with E-state index in [0.29, 0.717) is 11.6 Å². The first kappa shape index (κ1) is 8.02. The topological polar surface area (TPSA) is 38.9 Å². The smallest absolute Gasteiger partial charge is 0.0589 e. The van der Waals surface area contributed by atoms with Crippen LogP contribution in [-0.2, 0) is 5.41 Å². The van der Waals surface area contributed by atoms with Crippen molar-refractivity contribution in [1.82, 2.24) is 4.98 Å². The van der Waals surface area contributed by atoms with Gasteiger partial charge in [-0.25, -0.2) is 0 Å². The minimum absolute atomic E-state index is 0.185. The molecular weight excluding hydrogens is 172 g/mol. The van der Waals surface area contributed by atoms with Gasteiger partial charge in [-0.05, 0) is 25.0 Å². The zero-order valence-electron chi connectivity index (χ0n) is 6.76. The number of nitrogens with two attached hydrogens (primary N) is 1. The van der Waals surface area contributed by atoms with E-state index >= 15 is 0 Å². The van der Waals surface area contributed by atoms with Crippen LogP contribution in [0.3, 0.4) is 0 Å². The number of hydrogen-bond donors (Lipinski definition) is 1. The predicted molar refractivity (Wildman–Crippen MR) is 49.2 cm³/mol. The van der Waals surface area contributed by atoms with Gasteiger partial charge in [0.15, 0.2) is 0 Å². The lowest BCUT2D eigenvalue weighted by atomic mass is 10.0. The van der Waals surface area contributed by atoms with Gasteiger partial charge in [0.25, 0.3) is 0 Å². The van der Waals surface area contributed by atoms with Crippen molar-refractivity contribution >= 4 is 11.6 Å². The fourth-order valence-corrected chi connectivity index (χ4v) is 1.52. The second-order valence-electron chi connectivity index (χ2n) is 3.35. The zero-order chi connectivity index (χ0) is 8.60. The molecule has 2 nitrogen and oxygen atoms in total. The fourth-order valence-electron chi connectivity index (χ4n) is 1.41. The second-order valence-corrected chi connectivity index (χ2v) is 3.78. The molecule has 1 aromatic heterocycles. The minimum Gasteiger partial charge on any atom is -0.330 e. The van der Waals surface area contributed by atoms with Gasteiger partial charge in [-0.2, -0.15) is 0 Å². The summed E-state index contributed by atoms with van der Waals surface area (Å²) in [5.74, 6) is 0. The van der Waals surface area contributed by atoms with E-state index in [4.69, 9.17) is 17.3 Å². The average Bonchev–Trinajstić information content (AvgIpc) is 2.86. The van der Waals surface area contributed by atoms with E-state index in [1.165, 1.54) is 0 Å². The van der Waals surface area contributed by atoms with Crippen molar-refractivity contribution in [3.8, 4) is 0 Å². The lowest BCUT2D eigenvalue weighted by molar-refractivity contribution is 0.678. The number of hydrogen-bond acceptors (Lipinski definition) is 2. The fraction of sp³-hybridized carbons (Fsp3) is 0.444. The van der Waals surface area contributed by atoms with Crippen molar-refractivity contribution in [3.05, 3.63) is 29.0 Å². The van der Waals surface area contributed by atoms with E-state index < -0.39 is 0 Å². The molecule has 2 rings (SSSR count). The molecule has 0 unspecified atom stereocenters. The van der Waals surface area contributed by atoms with Gasteiger partial charge in [0.2, 0.25) is 0 Å². The number of rotatable bonds is 2. The Bertz CT molecular complexity index is 277. The molecule has 64 valence electrons. The molecule has 3 heteroatoms. The Hall–Kier alpha value is -0.600. The Morgan fingerprint density at radius 3 is 2.67 bits per heavy atom. The Balaban J connectivity index is 2.29. The quantitative estimate of drug-likeness (QED) is 0.757. The summed E-state index contributed by atoms with van der Waals surface area (Å²) in [4.78, 5) is 4.27. The van der Waals surface area contributed by atoms with Crippen LogP contribution in [0.2, 0.25) is 5.02 Å². The molecule has 2 N–H and O–H groups in total. The van der Waals surface area contributed by atoms with Crippen LogP contribution in [-0.4, -0.2) is 11.5 Å². The van der Waals surface area contributed by atoms with E-state index in [2.05, 4.69) is 4.98 Å². The molecule has 0 spiro atoms. The van der Waals surface area contributed by atoms with Crippen LogP contribution in [0.5, 0.6) is 0 Å². The highest BCUT2D eigenvalue weighted by molar-refractivity contribution is 6.30. The molecule has 0 amide bonds. The maximum absolute atomic E-state index is 5.73. The molecule has 0 atom stereocenters. The third-order valence-electron chi connectivity index (χ3n) is 2.52. The van der Waals surface area contributed by atoms with Gasteiger partial charge in [-0.15, -0.1) is 0 Å². The Morgan fingerprint density at radius 1 is 1.50 bits per heavy atom. The summed E-state index contributed by atoms with van der Waals surface area (Å²) in [6.07, 6.45) is 4.02. The number of nitrogens with zero attached hydrogens (tertiary/aromatic N) is 1. The average molecular weight is 183 g/mol. The lowest BCUT2D eigenvalue weighted by Gasteiger charge is -2.10. The first-order valence-corrected chi connectivity index (χ1v) is 4.47. The van der Waals surface area contributed by atoms with Crippen LogP contribution in [0.15, 0.2) is 18.3 Å². The van der Waals surface area contributed by atoms with Gasteiger partial charge in [0, 0.05) is 23.9 Å². The molecule has 1 aliphatic carbocycles. The van der Waals surface area contributed by atoms with Crippen LogP contribution in [0.25, 0.3) is 0 Å². The summed E-state index contributed by atoms with van der Waals surface area (Å²) in [6, 6.07) is 3.85. The van der Waals surface area contributed by atoms with E-state index in [9.17, 15) is 0 Å². The third kappa shape index (κ3) is 1.21. The number of aromatic nitrogens is 1. The first-order valence-electron chi connectivity index (χ1n) is 4.09. The van der Waals surface area contributed by atoms with Gasteiger partial charge in [-0.1, -0.05) is 11.6 Å². The number of halogens is 1. The largest absolute Gasteiger partial charge is 0.330 e. The van der Waals surface area contributed by atoms with Crippen LogP contribution < -0.4 is 5.73 Å². The SMILES string of the molecule is NCC1(c2ccc(Cl)cn2)CC1. The predicted octanol–water partition coefficient (Wildman–Crippen LogP) is 1.73. The third-order valence-corrected chi connectivity index (χ3v) is 2.74. The van der Waals surface area contributed by atoms with Crippen LogP contribution in [0.4, 0.5) is 0 Å². The maximum atomic E-state index is 5.73. The summed E-state index contributed by atoms with van der Waals surface area (Å²) in [7, 11) is 0. The highest BCUT2D eigenvalue weighted by Crippen LogP contribution is 2.46. The van der Waals surface area contributed by atoms with Crippen molar-refractivity contribution in [2.45, 2.75) is 18.3 Å². The molecule has 1 heterocycles. The van der Waals surface area contributed by atoms with E-state index in [-0.39, 0.29) is 5.41 Å². The van der Waals surface area contributed by atoms with Crippen molar-refractivity contribution in [2.24, 2.45) is 5.73 Å². The molecule has 0 bridgehead atoms. The van der Waals surface area contributed by atoms with Crippen LogP contribution in [0, 0.1) is 0 Å². The summed E-state index contributed by atoms with van der Waals surface area (Å²) < 4.78 is 0. The summed E-state index contributed by atoms with van der Waals surface area (Å²) >= 11 is 5.73. The van der Waals surface area contributed by atoms with E-state index in [1.54, 1.807) is 6.20 Å². The molecule has 0 radical (unpaired) electrons. The van der Waals surface area contributed by atoms with Gasteiger partial charge >= 0.3 is 0 Å². The molecule has 1 saturated carbocycles. The summed E-state index contributed by atoms with van der Waals surface area (Å²) in [5.41, 5.74) is 6.94. The van der Waals surface area contributed by atoms with Crippen molar-refractivity contribution in [3.63, 3.8) is 0 Å². The van der Waals surface area contributed by atoms with Crippen molar-refractivity contribution < 1.29 is 0 Å². The molecule has 1 aromatic rings. The molecule has 1 fully saturated rings. The second kappa shape index (κ2) is 2.71. The molecule has 0 aliphatic heterocycles. The van der Waals surface area contributed by atoms with Crippen molar-refractivity contribution in [2.75, 3.05) is 6.54 Å². The molecular formula is C9H11ClN2. The Kier molecular flexibility index (Phi) is 1.81. The monoisotopic (exact) mass is 182 g/mol. The zero-order valence-corrected chi connectivity index (χ0v) is 7.51. The molecule has 0 aromatic carbocycles. The lowest BCUT2D eigenvalue weighted by Crippen LogP contribution is -2.20. The summed E-state index contributed by atoms with van der Waals surface area (Å²) in [5, 5.41) is 0.687. The highest BCUT2D eigenvalue weighted by atomic mass is 35.5. The van der Waals surface area contributed by atoms with E-state index in [1.807, 2.05) is 12.1 Å². The number of pyridine rings is 1. The standard InChI is InChI=1S/C9H11ClN2/c10-7-1-2-8(12-5-7)9(6-11)3-4-9/h1-2,5H,3-4,6,11H2. The summed E-state index contributed by atoms with van der Waals surface area (Å²) in [6.45, 7) is 0.696. The van der Waals surface area contributed by atoms with Crippen molar-refractivity contribution in [1.29, 1.82) is 0 Å². The highest BCUT2D eigenvalue weighted by Gasteiger charge is 2.44. The van der Waals surface area contributed by atoms with Gasteiger partial charge < -0.3 is 5.73 Å². The normalized spacial score (nSPS) is 19.2. The van der Waals surface area contributed by atoms with Gasteiger partial charge in [-0.3, -0.25) is 4.98 Å².